The third-order valence-corrected chi connectivity index (χ3v) is 6.17. The van der Waals surface area contributed by atoms with E-state index in [9.17, 15) is 9.59 Å². The van der Waals surface area contributed by atoms with Crippen LogP contribution in [0.2, 0.25) is 0 Å². The predicted molar refractivity (Wildman–Crippen MR) is 112 cm³/mol. The van der Waals surface area contributed by atoms with E-state index in [0.29, 0.717) is 22.8 Å². The van der Waals surface area contributed by atoms with Crippen LogP contribution < -0.4 is 10.3 Å². The van der Waals surface area contributed by atoms with Gasteiger partial charge < -0.3 is 9.47 Å². The van der Waals surface area contributed by atoms with Gasteiger partial charge in [0.15, 0.2) is 4.96 Å². The number of aromatic nitrogens is 2. The van der Waals surface area contributed by atoms with Crippen LogP contribution in [0.25, 0.3) is 4.96 Å². The lowest BCUT2D eigenvalue weighted by molar-refractivity contribution is 0.0467. The summed E-state index contributed by atoms with van der Waals surface area (Å²) < 4.78 is 12.7. The molecule has 4 rings (SSSR count). The number of nitrogens with zero attached hydrogens (tertiary/aromatic N) is 2. The van der Waals surface area contributed by atoms with Gasteiger partial charge in [-0.2, -0.15) is 0 Å². The van der Waals surface area contributed by atoms with E-state index < -0.39 is 5.97 Å². The summed E-state index contributed by atoms with van der Waals surface area (Å²) in [6.07, 6.45) is 6.25. The Kier molecular flexibility index (Phi) is 5.94. The first-order chi connectivity index (χ1) is 14.2. The van der Waals surface area contributed by atoms with Crippen molar-refractivity contribution < 1.29 is 14.3 Å². The standard InChI is InChI=1S/C22H24N2O4S/c1-2-3-12-27-17-10-8-15(9-11-17)21(26)28-14-16-13-20(25)24-18-6-4-5-7-19(18)29-22(24)23-16/h8-11,13H,2-7,12,14H2,1H3. The second-order valence-corrected chi connectivity index (χ2v) is 8.25. The largest absolute Gasteiger partial charge is 0.494 e. The van der Waals surface area contributed by atoms with Crippen LogP contribution >= 0.6 is 11.3 Å². The zero-order valence-corrected chi connectivity index (χ0v) is 17.3. The fourth-order valence-electron chi connectivity index (χ4n) is 3.46. The fraction of sp³-hybridized carbons (Fsp3) is 0.409. The Morgan fingerprint density at radius 1 is 1.21 bits per heavy atom. The minimum atomic E-state index is -0.447. The van der Waals surface area contributed by atoms with E-state index in [1.165, 1.54) is 10.9 Å². The van der Waals surface area contributed by atoms with E-state index in [-0.39, 0.29) is 12.2 Å². The first-order valence-electron chi connectivity index (χ1n) is 10.1. The van der Waals surface area contributed by atoms with E-state index in [2.05, 4.69) is 11.9 Å². The van der Waals surface area contributed by atoms with Gasteiger partial charge in [-0.15, -0.1) is 11.3 Å². The van der Waals surface area contributed by atoms with Crippen molar-refractivity contribution in [2.75, 3.05) is 6.61 Å². The van der Waals surface area contributed by atoms with Crippen molar-refractivity contribution in [3.8, 4) is 5.75 Å². The molecule has 0 saturated heterocycles. The lowest BCUT2D eigenvalue weighted by Crippen LogP contribution is -2.18. The first-order valence-corrected chi connectivity index (χ1v) is 10.9. The maximum atomic E-state index is 12.6. The molecule has 0 fully saturated rings. The summed E-state index contributed by atoms with van der Waals surface area (Å²) in [6.45, 7) is 2.74. The number of benzene rings is 1. The Balaban J connectivity index is 1.42. The number of rotatable bonds is 7. The highest BCUT2D eigenvalue weighted by Crippen LogP contribution is 2.28. The quantitative estimate of drug-likeness (QED) is 0.430. The number of aryl methyl sites for hydroxylation is 2. The summed E-state index contributed by atoms with van der Waals surface area (Å²) in [5.41, 5.74) is 1.91. The van der Waals surface area contributed by atoms with Crippen LogP contribution in [-0.2, 0) is 24.2 Å². The average molecular weight is 413 g/mol. The van der Waals surface area contributed by atoms with Crippen molar-refractivity contribution in [1.82, 2.24) is 9.38 Å². The molecule has 0 spiro atoms. The maximum absolute atomic E-state index is 12.6. The van der Waals surface area contributed by atoms with Gasteiger partial charge in [0.05, 0.1) is 17.9 Å². The molecule has 0 saturated carbocycles. The number of thiazole rings is 1. The molecular weight excluding hydrogens is 388 g/mol. The van der Waals surface area contributed by atoms with Crippen molar-refractivity contribution in [3.63, 3.8) is 0 Å². The highest BCUT2D eigenvalue weighted by molar-refractivity contribution is 7.17. The van der Waals surface area contributed by atoms with Crippen LogP contribution in [0.3, 0.4) is 0 Å². The molecule has 0 atom stereocenters. The first kappa shape index (κ1) is 19.6. The summed E-state index contributed by atoms with van der Waals surface area (Å²) in [5.74, 6) is 0.286. The Bertz CT molecular complexity index is 1070. The molecule has 3 aromatic rings. The molecule has 29 heavy (non-hydrogen) atoms. The normalized spacial score (nSPS) is 13.3. The molecule has 6 nitrogen and oxygen atoms in total. The maximum Gasteiger partial charge on any atom is 0.338 e. The molecule has 1 aromatic carbocycles. The van der Waals surface area contributed by atoms with Gasteiger partial charge in [-0.3, -0.25) is 9.20 Å². The van der Waals surface area contributed by atoms with Crippen LogP contribution in [0.15, 0.2) is 35.1 Å². The molecule has 0 unspecified atom stereocenters. The molecule has 0 radical (unpaired) electrons. The van der Waals surface area contributed by atoms with Gasteiger partial charge in [-0.25, -0.2) is 9.78 Å². The lowest BCUT2D eigenvalue weighted by atomic mass is 10.0. The Hall–Kier alpha value is -2.67. The minimum Gasteiger partial charge on any atom is -0.494 e. The molecule has 0 amide bonds. The summed E-state index contributed by atoms with van der Waals surface area (Å²) in [7, 11) is 0. The SMILES string of the molecule is CCCCOc1ccc(C(=O)OCc2cc(=O)n3c4c(sc3n2)CCCC4)cc1. The number of fused-ring (bicyclic) bond motifs is 3. The summed E-state index contributed by atoms with van der Waals surface area (Å²) in [5, 5.41) is 0. The summed E-state index contributed by atoms with van der Waals surface area (Å²) in [4.78, 5) is 31.4. The number of carbonyl (C=O) groups is 1. The number of hydrogen-bond acceptors (Lipinski definition) is 6. The van der Waals surface area contributed by atoms with Crippen LogP contribution in [0.5, 0.6) is 5.75 Å². The molecule has 2 heterocycles. The summed E-state index contributed by atoms with van der Waals surface area (Å²) in [6, 6.07) is 8.36. The number of hydrogen-bond donors (Lipinski definition) is 0. The minimum absolute atomic E-state index is 0.0259. The molecule has 0 bridgehead atoms. The second-order valence-electron chi connectivity index (χ2n) is 7.19. The van der Waals surface area contributed by atoms with Crippen LogP contribution in [0.1, 0.15) is 59.2 Å². The fourth-order valence-corrected chi connectivity index (χ4v) is 4.69. The number of unbranched alkanes of at least 4 members (excludes halogenated alkanes) is 1. The van der Waals surface area contributed by atoms with E-state index in [1.54, 1.807) is 40.0 Å². The number of carbonyl (C=O) groups excluding carboxylic acids is 1. The van der Waals surface area contributed by atoms with Gasteiger partial charge in [-0.05, 0) is 56.4 Å². The third-order valence-electron chi connectivity index (χ3n) is 5.02. The van der Waals surface area contributed by atoms with Crippen LogP contribution in [-0.4, -0.2) is 22.0 Å². The number of esters is 1. The van der Waals surface area contributed by atoms with Crippen molar-refractivity contribution in [2.24, 2.45) is 0 Å². The van der Waals surface area contributed by atoms with E-state index in [4.69, 9.17) is 9.47 Å². The summed E-state index contributed by atoms with van der Waals surface area (Å²) >= 11 is 1.57. The van der Waals surface area contributed by atoms with Gasteiger partial charge in [0.25, 0.3) is 5.56 Å². The predicted octanol–water partition coefficient (Wildman–Crippen LogP) is 4.17. The highest BCUT2D eigenvalue weighted by atomic mass is 32.1. The van der Waals surface area contributed by atoms with Crippen molar-refractivity contribution in [3.05, 3.63) is 62.5 Å². The van der Waals surface area contributed by atoms with E-state index >= 15 is 0 Å². The second kappa shape index (κ2) is 8.78. The molecule has 7 heteroatoms. The van der Waals surface area contributed by atoms with Crippen molar-refractivity contribution in [1.29, 1.82) is 0 Å². The Morgan fingerprint density at radius 2 is 2.00 bits per heavy atom. The highest BCUT2D eigenvalue weighted by Gasteiger charge is 2.19. The van der Waals surface area contributed by atoms with Crippen LogP contribution in [0.4, 0.5) is 0 Å². The van der Waals surface area contributed by atoms with Gasteiger partial charge in [0, 0.05) is 16.6 Å². The van der Waals surface area contributed by atoms with Crippen molar-refractivity contribution >= 4 is 22.3 Å². The van der Waals surface area contributed by atoms with Crippen LogP contribution in [0, 0.1) is 0 Å². The molecule has 1 aliphatic rings. The molecular formula is C22H24N2O4S. The van der Waals surface area contributed by atoms with Crippen molar-refractivity contribution in [2.45, 2.75) is 52.1 Å². The third kappa shape index (κ3) is 4.34. The van der Waals surface area contributed by atoms with E-state index in [1.807, 2.05) is 0 Å². The van der Waals surface area contributed by atoms with Gasteiger partial charge in [0.2, 0.25) is 0 Å². The topological polar surface area (TPSA) is 69.9 Å². The zero-order valence-electron chi connectivity index (χ0n) is 16.5. The molecule has 152 valence electrons. The zero-order chi connectivity index (χ0) is 20.2. The van der Waals surface area contributed by atoms with Gasteiger partial charge in [0.1, 0.15) is 12.4 Å². The average Bonchev–Trinajstić information content (AvgIpc) is 3.11. The molecule has 0 aliphatic heterocycles. The monoisotopic (exact) mass is 412 g/mol. The smallest absolute Gasteiger partial charge is 0.338 e. The Labute approximate surface area is 173 Å². The van der Waals surface area contributed by atoms with Gasteiger partial charge in [-0.1, -0.05) is 13.3 Å². The molecule has 1 aliphatic carbocycles. The molecule has 0 N–H and O–H groups in total. The number of ether oxygens (including phenoxy) is 2. The molecule has 2 aromatic heterocycles. The Morgan fingerprint density at radius 3 is 2.79 bits per heavy atom. The lowest BCUT2D eigenvalue weighted by Gasteiger charge is -2.10. The van der Waals surface area contributed by atoms with Gasteiger partial charge >= 0.3 is 5.97 Å². The van der Waals surface area contributed by atoms with E-state index in [0.717, 1.165) is 50.0 Å².